The summed E-state index contributed by atoms with van der Waals surface area (Å²) in [5.41, 5.74) is 0.522. The number of nitro benzene ring substituents is 1. The van der Waals surface area contributed by atoms with E-state index in [0.29, 0.717) is 16.7 Å². The zero-order valence-corrected chi connectivity index (χ0v) is 15.7. The van der Waals surface area contributed by atoms with Crippen LogP contribution in [0.1, 0.15) is 23.0 Å². The highest BCUT2D eigenvalue weighted by Gasteiger charge is 2.21. The van der Waals surface area contributed by atoms with Gasteiger partial charge in [-0.05, 0) is 38.1 Å². The smallest absolute Gasteiger partial charge is 0.269 e. The van der Waals surface area contributed by atoms with Crippen molar-refractivity contribution in [1.29, 1.82) is 0 Å². The molecule has 0 saturated heterocycles. The largest absolute Gasteiger partial charge is 0.459 e. The quantitative estimate of drug-likeness (QED) is 0.381. The molecule has 3 rings (SSSR count). The topological polar surface area (TPSA) is 120 Å². The summed E-state index contributed by atoms with van der Waals surface area (Å²) in [4.78, 5) is 21.8. The maximum absolute atomic E-state index is 12.5. The Morgan fingerprint density at radius 2 is 1.85 bits per heavy atom. The fourth-order valence-electron chi connectivity index (χ4n) is 2.73. The average Bonchev–Trinajstić information content (AvgIpc) is 2.91. The number of fused-ring (bicyclic) bond motifs is 1. The summed E-state index contributed by atoms with van der Waals surface area (Å²) < 4.78 is 32.9. The van der Waals surface area contributed by atoms with Crippen LogP contribution >= 0.6 is 11.6 Å². The van der Waals surface area contributed by atoms with Gasteiger partial charge in [0.1, 0.15) is 5.76 Å². The molecule has 3 aromatic rings. The molecule has 140 valence electrons. The van der Waals surface area contributed by atoms with Gasteiger partial charge in [0.05, 0.1) is 26.1 Å². The Hall–Kier alpha value is -2.91. The van der Waals surface area contributed by atoms with Gasteiger partial charge in [-0.15, -0.1) is 0 Å². The minimum absolute atomic E-state index is 0.133. The van der Waals surface area contributed by atoms with Gasteiger partial charge < -0.3 is 4.42 Å². The number of nitrogens with one attached hydrogen (secondary N) is 1. The molecule has 0 aliphatic rings. The second-order valence-electron chi connectivity index (χ2n) is 5.78. The molecule has 0 fully saturated rings. The van der Waals surface area contributed by atoms with Gasteiger partial charge in [-0.2, -0.15) is 0 Å². The summed E-state index contributed by atoms with van der Waals surface area (Å²) in [7, 11) is -4.01. The van der Waals surface area contributed by atoms with Crippen molar-refractivity contribution >= 4 is 49.8 Å². The first-order chi connectivity index (χ1) is 12.6. The molecule has 1 aromatic heterocycles. The summed E-state index contributed by atoms with van der Waals surface area (Å²) in [6.07, 6.45) is 0. The number of non-ortho nitro benzene ring substituents is 1. The zero-order chi connectivity index (χ0) is 19.9. The van der Waals surface area contributed by atoms with Crippen LogP contribution in [-0.2, 0) is 10.0 Å². The minimum atomic E-state index is -4.01. The number of furan rings is 1. The highest BCUT2D eigenvalue weighted by molar-refractivity contribution is 7.92. The number of anilines is 1. The lowest BCUT2D eigenvalue weighted by Crippen LogP contribution is -2.13. The van der Waals surface area contributed by atoms with E-state index in [2.05, 4.69) is 4.72 Å². The molecule has 0 spiro atoms. The average molecular weight is 409 g/mol. The summed E-state index contributed by atoms with van der Waals surface area (Å²) in [5, 5.41) is 11.2. The highest BCUT2D eigenvalue weighted by atomic mass is 35.5. The van der Waals surface area contributed by atoms with Gasteiger partial charge in [-0.1, -0.05) is 11.6 Å². The molecule has 0 atom stereocenters. The molecule has 1 heterocycles. The van der Waals surface area contributed by atoms with E-state index in [1.165, 1.54) is 19.1 Å². The van der Waals surface area contributed by atoms with Crippen LogP contribution in [-0.4, -0.2) is 19.1 Å². The number of aryl methyl sites for hydroxylation is 1. The van der Waals surface area contributed by atoms with E-state index in [0.717, 1.165) is 24.3 Å². The number of rotatable bonds is 5. The van der Waals surface area contributed by atoms with Crippen LogP contribution in [0.5, 0.6) is 0 Å². The number of hydrogen-bond donors (Lipinski definition) is 1. The first-order valence-corrected chi connectivity index (χ1v) is 9.47. The lowest BCUT2D eigenvalue weighted by atomic mass is 10.1. The number of Topliss-reactive ketones (excluding diaryl/α,β-unsaturated/α-hetero) is 1. The molecule has 8 nitrogen and oxygen atoms in total. The van der Waals surface area contributed by atoms with Crippen molar-refractivity contribution in [2.45, 2.75) is 18.7 Å². The van der Waals surface area contributed by atoms with Crippen LogP contribution in [0.25, 0.3) is 11.0 Å². The molecule has 0 saturated carbocycles. The molecule has 2 aromatic carbocycles. The van der Waals surface area contributed by atoms with Crippen LogP contribution in [0.2, 0.25) is 5.02 Å². The van der Waals surface area contributed by atoms with E-state index in [9.17, 15) is 23.3 Å². The van der Waals surface area contributed by atoms with Crippen molar-refractivity contribution in [2.75, 3.05) is 4.72 Å². The SMILES string of the molecule is CC(=O)c1c(C)oc2c(Cl)cc(NS(=O)(=O)c3ccc([N+](=O)[O-])cc3)cc12. The molecule has 27 heavy (non-hydrogen) atoms. The van der Waals surface area contributed by atoms with E-state index in [1.54, 1.807) is 6.92 Å². The van der Waals surface area contributed by atoms with E-state index in [4.69, 9.17) is 16.0 Å². The summed E-state index contributed by atoms with van der Waals surface area (Å²) in [6, 6.07) is 7.26. The van der Waals surface area contributed by atoms with Crippen molar-refractivity contribution in [2.24, 2.45) is 0 Å². The molecular formula is C17H13ClN2O6S. The number of hydrogen-bond acceptors (Lipinski definition) is 6. The Balaban J connectivity index is 2.03. The molecule has 0 amide bonds. The number of halogens is 1. The van der Waals surface area contributed by atoms with Gasteiger partial charge in [0.25, 0.3) is 15.7 Å². The Kier molecular flexibility index (Phi) is 4.66. The second-order valence-corrected chi connectivity index (χ2v) is 7.87. The third-order valence-corrected chi connectivity index (χ3v) is 5.56. The zero-order valence-electron chi connectivity index (χ0n) is 14.1. The predicted octanol–water partition coefficient (Wildman–Crippen LogP) is 4.31. The third-order valence-electron chi connectivity index (χ3n) is 3.88. The predicted molar refractivity (Wildman–Crippen MR) is 99.9 cm³/mol. The van der Waals surface area contributed by atoms with E-state index in [-0.39, 0.29) is 32.7 Å². The first-order valence-electron chi connectivity index (χ1n) is 7.61. The second kappa shape index (κ2) is 6.67. The fraction of sp³-hybridized carbons (Fsp3) is 0.118. The maximum Gasteiger partial charge on any atom is 0.269 e. The standard InChI is InChI=1S/C17H13ClN2O6S/c1-9(21)16-10(2)26-17-14(16)7-11(8-15(17)18)19-27(24,25)13-5-3-12(4-6-13)20(22)23/h3-8,19H,1-2H3. The lowest BCUT2D eigenvalue weighted by Gasteiger charge is -2.09. The Labute approximate surface area is 158 Å². The summed E-state index contributed by atoms with van der Waals surface area (Å²) in [6.45, 7) is 2.99. The highest BCUT2D eigenvalue weighted by Crippen LogP contribution is 2.35. The van der Waals surface area contributed by atoms with E-state index < -0.39 is 14.9 Å². The van der Waals surface area contributed by atoms with E-state index in [1.807, 2.05) is 0 Å². The molecule has 0 aliphatic heterocycles. The third kappa shape index (κ3) is 3.51. The molecule has 0 radical (unpaired) electrons. The van der Waals surface area contributed by atoms with Gasteiger partial charge in [-0.3, -0.25) is 19.6 Å². The summed E-state index contributed by atoms with van der Waals surface area (Å²) in [5.74, 6) is 0.146. The minimum Gasteiger partial charge on any atom is -0.459 e. The Morgan fingerprint density at radius 1 is 1.22 bits per heavy atom. The van der Waals surface area contributed by atoms with Gasteiger partial charge in [0.15, 0.2) is 11.4 Å². The normalized spacial score (nSPS) is 11.5. The van der Waals surface area contributed by atoms with Crippen LogP contribution in [0.15, 0.2) is 45.7 Å². The molecule has 1 N–H and O–H groups in total. The maximum atomic E-state index is 12.5. The number of carbonyl (C=O) groups is 1. The van der Waals surface area contributed by atoms with Crippen LogP contribution in [0.4, 0.5) is 11.4 Å². The van der Waals surface area contributed by atoms with Crippen molar-refractivity contribution in [3.05, 3.63) is 62.9 Å². The van der Waals surface area contributed by atoms with Gasteiger partial charge >= 0.3 is 0 Å². The van der Waals surface area contributed by atoms with E-state index >= 15 is 0 Å². The molecule has 10 heteroatoms. The number of ketones is 1. The van der Waals surface area contributed by atoms with Crippen LogP contribution in [0, 0.1) is 17.0 Å². The number of nitro groups is 1. The Morgan fingerprint density at radius 3 is 2.41 bits per heavy atom. The molecule has 0 aliphatic carbocycles. The first kappa shape index (κ1) is 18.9. The van der Waals surface area contributed by atoms with Gasteiger partial charge in [0, 0.05) is 17.5 Å². The van der Waals surface area contributed by atoms with Crippen molar-refractivity contribution in [3.63, 3.8) is 0 Å². The van der Waals surface area contributed by atoms with Gasteiger partial charge in [-0.25, -0.2) is 8.42 Å². The Bertz CT molecular complexity index is 1180. The number of sulfonamides is 1. The van der Waals surface area contributed by atoms with Crippen molar-refractivity contribution < 1.29 is 22.6 Å². The van der Waals surface area contributed by atoms with Crippen LogP contribution < -0.4 is 4.72 Å². The van der Waals surface area contributed by atoms with Crippen molar-refractivity contribution in [3.8, 4) is 0 Å². The number of benzene rings is 2. The monoisotopic (exact) mass is 408 g/mol. The van der Waals surface area contributed by atoms with Crippen LogP contribution in [0.3, 0.4) is 0 Å². The molecule has 0 unspecified atom stereocenters. The molecule has 0 bridgehead atoms. The van der Waals surface area contributed by atoms with Gasteiger partial charge in [0.2, 0.25) is 0 Å². The van der Waals surface area contributed by atoms with Crippen molar-refractivity contribution in [1.82, 2.24) is 0 Å². The molecular weight excluding hydrogens is 396 g/mol. The summed E-state index contributed by atoms with van der Waals surface area (Å²) >= 11 is 6.17. The number of nitrogens with zero attached hydrogens (tertiary/aromatic N) is 1. The number of carbonyl (C=O) groups excluding carboxylic acids is 1. The fourth-order valence-corrected chi connectivity index (χ4v) is 4.03. The lowest BCUT2D eigenvalue weighted by molar-refractivity contribution is -0.384.